The monoisotopic (exact) mass is 383 g/mol. The Balaban J connectivity index is 1.54. The van der Waals surface area contributed by atoms with Crippen LogP contribution in [0.5, 0.6) is 0 Å². The lowest BCUT2D eigenvalue weighted by atomic mass is 10.1. The highest BCUT2D eigenvalue weighted by Crippen LogP contribution is 2.26. The minimum atomic E-state index is -4.95. The molecule has 2 amide bonds. The van der Waals surface area contributed by atoms with Crippen molar-refractivity contribution < 1.29 is 22.8 Å². The molecule has 8 heteroatoms. The lowest BCUT2D eigenvalue weighted by Crippen LogP contribution is -2.50. The van der Waals surface area contributed by atoms with Crippen molar-refractivity contribution in [3.63, 3.8) is 0 Å². The molecule has 0 saturated carbocycles. The zero-order valence-electron chi connectivity index (χ0n) is 15.1. The molecule has 0 bridgehead atoms. The SMILES string of the molecule is O=C(NCc1ccc(N2CCCCC2)cc1)C1CCCN1C(=O)C(F)(F)F. The van der Waals surface area contributed by atoms with Crippen LogP contribution in [-0.4, -0.2) is 48.6 Å². The van der Waals surface area contributed by atoms with Gasteiger partial charge < -0.3 is 15.1 Å². The number of carbonyl (C=O) groups excluding carboxylic acids is 2. The number of alkyl halides is 3. The van der Waals surface area contributed by atoms with Crippen LogP contribution in [0.2, 0.25) is 0 Å². The second-order valence-electron chi connectivity index (χ2n) is 7.09. The molecule has 1 aromatic rings. The van der Waals surface area contributed by atoms with Gasteiger partial charge in [-0.15, -0.1) is 0 Å². The molecule has 0 radical (unpaired) electrons. The first kappa shape index (κ1) is 19.5. The number of carbonyl (C=O) groups is 2. The average Bonchev–Trinajstić information content (AvgIpc) is 3.15. The Kier molecular flexibility index (Phi) is 5.92. The van der Waals surface area contributed by atoms with Gasteiger partial charge in [0.15, 0.2) is 0 Å². The molecule has 2 aliphatic rings. The predicted octanol–water partition coefficient (Wildman–Crippen LogP) is 2.85. The molecule has 3 rings (SSSR count). The highest BCUT2D eigenvalue weighted by atomic mass is 19.4. The average molecular weight is 383 g/mol. The maximum Gasteiger partial charge on any atom is 0.471 e. The minimum Gasteiger partial charge on any atom is -0.372 e. The Bertz CT molecular complexity index is 670. The molecule has 5 nitrogen and oxygen atoms in total. The molecule has 2 saturated heterocycles. The van der Waals surface area contributed by atoms with E-state index >= 15 is 0 Å². The highest BCUT2D eigenvalue weighted by molar-refractivity contribution is 5.90. The van der Waals surface area contributed by atoms with Gasteiger partial charge in [-0.25, -0.2) is 0 Å². The van der Waals surface area contributed by atoms with Crippen LogP contribution in [-0.2, 0) is 16.1 Å². The van der Waals surface area contributed by atoms with Crippen molar-refractivity contribution in [1.29, 1.82) is 0 Å². The maximum absolute atomic E-state index is 12.7. The standard InChI is InChI=1S/C19H24F3N3O2/c20-19(21,22)18(27)25-12-4-5-16(25)17(26)23-13-14-6-8-15(9-7-14)24-10-2-1-3-11-24/h6-9,16H,1-5,10-13H2,(H,23,26). The van der Waals surface area contributed by atoms with Gasteiger partial charge in [-0.1, -0.05) is 12.1 Å². The molecule has 0 aromatic heterocycles. The number of hydrogen-bond acceptors (Lipinski definition) is 3. The first-order chi connectivity index (χ1) is 12.9. The maximum atomic E-state index is 12.7. The Morgan fingerprint density at radius 2 is 1.67 bits per heavy atom. The van der Waals surface area contributed by atoms with Crippen molar-refractivity contribution in [3.8, 4) is 0 Å². The smallest absolute Gasteiger partial charge is 0.372 e. The van der Waals surface area contributed by atoms with Crippen LogP contribution < -0.4 is 10.2 Å². The van der Waals surface area contributed by atoms with Crippen LogP contribution in [0.3, 0.4) is 0 Å². The summed E-state index contributed by atoms with van der Waals surface area (Å²) in [7, 11) is 0. The number of anilines is 1. The molecule has 2 fully saturated rings. The Hall–Kier alpha value is -2.25. The number of nitrogens with zero attached hydrogens (tertiary/aromatic N) is 2. The summed E-state index contributed by atoms with van der Waals surface area (Å²) in [6, 6.07) is 6.78. The summed E-state index contributed by atoms with van der Waals surface area (Å²) in [5, 5.41) is 2.66. The summed E-state index contributed by atoms with van der Waals surface area (Å²) in [6.45, 7) is 2.27. The number of halogens is 3. The molecule has 1 N–H and O–H groups in total. The van der Waals surface area contributed by atoms with Crippen LogP contribution in [0, 0.1) is 0 Å². The van der Waals surface area contributed by atoms with Crippen LogP contribution >= 0.6 is 0 Å². The molecule has 0 aliphatic carbocycles. The lowest BCUT2D eigenvalue weighted by Gasteiger charge is -2.29. The third-order valence-corrected chi connectivity index (χ3v) is 5.18. The third-order valence-electron chi connectivity index (χ3n) is 5.18. The van der Waals surface area contributed by atoms with E-state index in [1.165, 1.54) is 19.3 Å². The van der Waals surface area contributed by atoms with E-state index in [0.29, 0.717) is 11.3 Å². The van der Waals surface area contributed by atoms with Crippen molar-refractivity contribution in [2.24, 2.45) is 0 Å². The zero-order valence-corrected chi connectivity index (χ0v) is 15.1. The first-order valence-corrected chi connectivity index (χ1v) is 9.35. The van der Waals surface area contributed by atoms with Crippen molar-refractivity contribution in [2.75, 3.05) is 24.5 Å². The fourth-order valence-corrected chi connectivity index (χ4v) is 3.73. The number of benzene rings is 1. The Morgan fingerprint density at radius 3 is 2.30 bits per heavy atom. The molecule has 1 aromatic carbocycles. The number of hydrogen-bond donors (Lipinski definition) is 1. The molecular weight excluding hydrogens is 359 g/mol. The van der Waals surface area contributed by atoms with Gasteiger partial charge in [0.2, 0.25) is 5.91 Å². The van der Waals surface area contributed by atoms with E-state index in [4.69, 9.17) is 0 Å². The molecular formula is C19H24F3N3O2. The number of piperidine rings is 1. The lowest BCUT2D eigenvalue weighted by molar-refractivity contribution is -0.186. The van der Waals surface area contributed by atoms with E-state index in [1.54, 1.807) is 0 Å². The largest absolute Gasteiger partial charge is 0.471 e. The molecule has 1 atom stereocenters. The van der Waals surface area contributed by atoms with Gasteiger partial charge in [0.1, 0.15) is 6.04 Å². The summed E-state index contributed by atoms with van der Waals surface area (Å²) in [5.41, 5.74) is 2.01. The van der Waals surface area contributed by atoms with Gasteiger partial charge in [0.25, 0.3) is 0 Å². The van der Waals surface area contributed by atoms with Gasteiger partial charge in [-0.05, 0) is 49.8 Å². The second-order valence-corrected chi connectivity index (χ2v) is 7.09. The van der Waals surface area contributed by atoms with Crippen LogP contribution in [0.4, 0.5) is 18.9 Å². The molecule has 1 unspecified atom stereocenters. The van der Waals surface area contributed by atoms with E-state index in [1.807, 2.05) is 24.3 Å². The van der Waals surface area contributed by atoms with Gasteiger partial charge >= 0.3 is 12.1 Å². The summed E-state index contributed by atoms with van der Waals surface area (Å²) in [5.74, 6) is -2.48. The molecule has 148 valence electrons. The van der Waals surface area contributed by atoms with Crippen molar-refractivity contribution >= 4 is 17.5 Å². The number of rotatable bonds is 4. The Labute approximate surface area is 156 Å². The molecule has 2 aliphatic heterocycles. The minimum absolute atomic E-state index is 0.0407. The quantitative estimate of drug-likeness (QED) is 0.870. The van der Waals surface area contributed by atoms with Crippen LogP contribution in [0.15, 0.2) is 24.3 Å². The zero-order chi connectivity index (χ0) is 19.4. The van der Waals surface area contributed by atoms with Crippen LogP contribution in [0.25, 0.3) is 0 Å². The topological polar surface area (TPSA) is 52.7 Å². The number of nitrogens with one attached hydrogen (secondary N) is 1. The molecule has 0 spiro atoms. The van der Waals surface area contributed by atoms with E-state index in [2.05, 4.69) is 10.2 Å². The van der Waals surface area contributed by atoms with Crippen LogP contribution in [0.1, 0.15) is 37.7 Å². The number of amides is 2. The van der Waals surface area contributed by atoms with Gasteiger partial charge in [0.05, 0.1) is 0 Å². The van der Waals surface area contributed by atoms with Gasteiger partial charge in [-0.3, -0.25) is 9.59 Å². The first-order valence-electron chi connectivity index (χ1n) is 9.35. The Morgan fingerprint density at radius 1 is 1.00 bits per heavy atom. The second kappa shape index (κ2) is 8.19. The highest BCUT2D eigenvalue weighted by Gasteiger charge is 2.47. The summed E-state index contributed by atoms with van der Waals surface area (Å²) >= 11 is 0. The summed E-state index contributed by atoms with van der Waals surface area (Å²) < 4.78 is 38.0. The van der Waals surface area contributed by atoms with E-state index < -0.39 is 24.0 Å². The molecule has 2 heterocycles. The normalized spacial score (nSPS) is 20.6. The fraction of sp³-hybridized carbons (Fsp3) is 0.579. The van der Waals surface area contributed by atoms with Gasteiger partial charge in [0, 0.05) is 31.9 Å². The summed E-state index contributed by atoms with van der Waals surface area (Å²) in [6.07, 6.45) is -0.673. The summed E-state index contributed by atoms with van der Waals surface area (Å²) in [4.78, 5) is 26.7. The van der Waals surface area contributed by atoms with Crippen molar-refractivity contribution in [1.82, 2.24) is 10.2 Å². The number of likely N-dealkylation sites (tertiary alicyclic amines) is 1. The van der Waals surface area contributed by atoms with Gasteiger partial charge in [-0.2, -0.15) is 13.2 Å². The molecule has 27 heavy (non-hydrogen) atoms. The van der Waals surface area contributed by atoms with E-state index in [-0.39, 0.29) is 19.5 Å². The fourth-order valence-electron chi connectivity index (χ4n) is 3.73. The van der Waals surface area contributed by atoms with E-state index in [9.17, 15) is 22.8 Å². The predicted molar refractivity (Wildman–Crippen MR) is 95.1 cm³/mol. The van der Waals surface area contributed by atoms with E-state index in [0.717, 1.165) is 24.3 Å². The van der Waals surface area contributed by atoms with Crippen molar-refractivity contribution in [2.45, 2.75) is 50.9 Å². The van der Waals surface area contributed by atoms with Crippen molar-refractivity contribution in [3.05, 3.63) is 29.8 Å². The third kappa shape index (κ3) is 4.73.